The summed E-state index contributed by atoms with van der Waals surface area (Å²) in [7, 11) is 0. The molecule has 0 aromatic carbocycles. The van der Waals surface area contributed by atoms with Gasteiger partial charge in [0, 0.05) is 6.20 Å². The molecule has 0 bridgehead atoms. The molecule has 1 rings (SSSR count). The standard InChI is InChI=1S/C8H9F2NO/c1-5(12)6-2-3-11-7(4-6)8(9)10/h2-5,8,12H,1H3/t5-/m0/s1. The quantitative estimate of drug-likeness (QED) is 0.742. The van der Waals surface area contributed by atoms with Crippen molar-refractivity contribution in [2.75, 3.05) is 0 Å². The van der Waals surface area contributed by atoms with Gasteiger partial charge in [-0.05, 0) is 24.6 Å². The van der Waals surface area contributed by atoms with Crippen LogP contribution in [-0.2, 0) is 0 Å². The van der Waals surface area contributed by atoms with Gasteiger partial charge in [0.25, 0.3) is 6.43 Å². The summed E-state index contributed by atoms with van der Waals surface area (Å²) in [4.78, 5) is 3.46. The number of hydrogen-bond donors (Lipinski definition) is 1. The van der Waals surface area contributed by atoms with E-state index in [4.69, 9.17) is 5.11 Å². The minimum Gasteiger partial charge on any atom is -0.389 e. The predicted molar refractivity (Wildman–Crippen MR) is 39.8 cm³/mol. The molecule has 0 aliphatic carbocycles. The Morgan fingerprint density at radius 3 is 2.67 bits per heavy atom. The predicted octanol–water partition coefficient (Wildman–Crippen LogP) is 2.07. The van der Waals surface area contributed by atoms with Crippen molar-refractivity contribution >= 4 is 0 Å². The lowest BCUT2D eigenvalue weighted by atomic mass is 10.1. The lowest BCUT2D eigenvalue weighted by Crippen LogP contribution is -1.95. The second kappa shape index (κ2) is 3.58. The average molecular weight is 173 g/mol. The highest BCUT2D eigenvalue weighted by atomic mass is 19.3. The lowest BCUT2D eigenvalue weighted by molar-refractivity contribution is 0.145. The van der Waals surface area contributed by atoms with E-state index < -0.39 is 12.5 Å². The second-order valence-corrected chi connectivity index (χ2v) is 2.49. The van der Waals surface area contributed by atoms with Gasteiger partial charge in [-0.3, -0.25) is 4.98 Å². The summed E-state index contributed by atoms with van der Waals surface area (Å²) < 4.78 is 24.1. The Balaban J connectivity index is 2.96. The van der Waals surface area contributed by atoms with Crippen molar-refractivity contribution in [2.24, 2.45) is 0 Å². The van der Waals surface area contributed by atoms with Crippen LogP contribution in [0.4, 0.5) is 8.78 Å². The van der Waals surface area contributed by atoms with E-state index in [1.165, 1.54) is 25.3 Å². The van der Waals surface area contributed by atoms with Gasteiger partial charge in [0.1, 0.15) is 5.69 Å². The van der Waals surface area contributed by atoms with Crippen LogP contribution in [0.3, 0.4) is 0 Å². The molecular weight excluding hydrogens is 164 g/mol. The minimum atomic E-state index is -2.58. The largest absolute Gasteiger partial charge is 0.389 e. The third-order valence-corrected chi connectivity index (χ3v) is 1.51. The normalized spacial score (nSPS) is 13.4. The highest BCUT2D eigenvalue weighted by Gasteiger charge is 2.10. The molecule has 0 aliphatic rings. The zero-order valence-electron chi connectivity index (χ0n) is 6.54. The molecule has 0 amide bonds. The first kappa shape index (κ1) is 9.06. The Kier molecular flexibility index (Phi) is 2.70. The lowest BCUT2D eigenvalue weighted by Gasteiger charge is -2.05. The number of aliphatic hydroxyl groups is 1. The van der Waals surface area contributed by atoms with Crippen molar-refractivity contribution in [2.45, 2.75) is 19.5 Å². The molecule has 0 saturated heterocycles. The number of alkyl halides is 2. The van der Waals surface area contributed by atoms with Crippen molar-refractivity contribution in [3.8, 4) is 0 Å². The molecule has 0 saturated carbocycles. The smallest absolute Gasteiger partial charge is 0.280 e. The molecule has 0 aliphatic heterocycles. The van der Waals surface area contributed by atoms with E-state index in [-0.39, 0.29) is 5.69 Å². The zero-order chi connectivity index (χ0) is 9.14. The van der Waals surface area contributed by atoms with Gasteiger partial charge < -0.3 is 5.11 Å². The van der Waals surface area contributed by atoms with E-state index in [0.29, 0.717) is 5.56 Å². The number of nitrogens with zero attached hydrogens (tertiary/aromatic N) is 1. The molecule has 4 heteroatoms. The molecule has 1 aromatic rings. The molecule has 12 heavy (non-hydrogen) atoms. The molecule has 0 fully saturated rings. The van der Waals surface area contributed by atoms with Crippen LogP contribution in [0.5, 0.6) is 0 Å². The number of aliphatic hydroxyl groups excluding tert-OH is 1. The molecule has 2 nitrogen and oxygen atoms in total. The summed E-state index contributed by atoms with van der Waals surface area (Å²) in [6.07, 6.45) is -2.04. The monoisotopic (exact) mass is 173 g/mol. The molecule has 1 N–H and O–H groups in total. The van der Waals surface area contributed by atoms with Crippen LogP contribution in [-0.4, -0.2) is 10.1 Å². The summed E-state index contributed by atoms with van der Waals surface area (Å²) in [5.41, 5.74) is 0.161. The fraction of sp³-hybridized carbons (Fsp3) is 0.375. The number of pyridine rings is 1. The van der Waals surface area contributed by atoms with Gasteiger partial charge >= 0.3 is 0 Å². The van der Waals surface area contributed by atoms with Crippen LogP contribution in [0.15, 0.2) is 18.3 Å². The molecule has 0 radical (unpaired) electrons. The van der Waals surface area contributed by atoms with E-state index in [1.54, 1.807) is 0 Å². The molecule has 1 aromatic heterocycles. The number of aromatic nitrogens is 1. The van der Waals surface area contributed by atoms with Crippen LogP contribution >= 0.6 is 0 Å². The zero-order valence-corrected chi connectivity index (χ0v) is 6.54. The van der Waals surface area contributed by atoms with Crippen LogP contribution in [0.2, 0.25) is 0 Å². The number of hydrogen-bond acceptors (Lipinski definition) is 2. The Morgan fingerprint density at radius 1 is 1.50 bits per heavy atom. The molecule has 1 heterocycles. The van der Waals surface area contributed by atoms with Crippen LogP contribution in [0, 0.1) is 0 Å². The maximum absolute atomic E-state index is 12.1. The summed E-state index contributed by atoms with van der Waals surface area (Å²) in [5, 5.41) is 9.06. The Bertz CT molecular complexity index is 240. The van der Waals surface area contributed by atoms with Crippen LogP contribution in [0.1, 0.15) is 30.7 Å². The summed E-state index contributed by atoms with van der Waals surface area (Å²) >= 11 is 0. The fourth-order valence-electron chi connectivity index (χ4n) is 0.845. The van der Waals surface area contributed by atoms with Crippen molar-refractivity contribution in [1.29, 1.82) is 0 Å². The fourth-order valence-corrected chi connectivity index (χ4v) is 0.845. The summed E-state index contributed by atoms with van der Waals surface area (Å²) in [6, 6.07) is 2.71. The maximum Gasteiger partial charge on any atom is 0.280 e. The van der Waals surface area contributed by atoms with Gasteiger partial charge in [0.2, 0.25) is 0 Å². The van der Waals surface area contributed by atoms with Gasteiger partial charge in [-0.25, -0.2) is 8.78 Å². The topological polar surface area (TPSA) is 33.1 Å². The first-order chi connectivity index (χ1) is 5.61. The average Bonchev–Trinajstić information content (AvgIpc) is 2.04. The van der Waals surface area contributed by atoms with E-state index >= 15 is 0 Å². The van der Waals surface area contributed by atoms with E-state index in [1.807, 2.05) is 0 Å². The van der Waals surface area contributed by atoms with Gasteiger partial charge in [0.15, 0.2) is 0 Å². The molecule has 1 atom stereocenters. The molecular formula is C8H9F2NO. The molecule has 66 valence electrons. The molecule has 0 unspecified atom stereocenters. The Labute approximate surface area is 68.9 Å². The number of halogens is 2. The van der Waals surface area contributed by atoms with Gasteiger partial charge in [-0.2, -0.15) is 0 Å². The Morgan fingerprint density at radius 2 is 2.17 bits per heavy atom. The first-order valence-electron chi connectivity index (χ1n) is 3.53. The number of rotatable bonds is 2. The highest BCUT2D eigenvalue weighted by molar-refractivity contribution is 5.18. The van der Waals surface area contributed by atoms with Gasteiger partial charge in [-0.1, -0.05) is 0 Å². The SMILES string of the molecule is C[C@H](O)c1ccnc(C(F)F)c1. The van der Waals surface area contributed by atoms with Crippen molar-refractivity contribution in [3.63, 3.8) is 0 Å². The molecule has 0 spiro atoms. The van der Waals surface area contributed by atoms with Crippen LogP contribution in [0.25, 0.3) is 0 Å². The third-order valence-electron chi connectivity index (χ3n) is 1.51. The third kappa shape index (κ3) is 1.98. The Hall–Kier alpha value is -1.03. The second-order valence-electron chi connectivity index (χ2n) is 2.49. The van der Waals surface area contributed by atoms with Gasteiger partial charge in [-0.15, -0.1) is 0 Å². The first-order valence-corrected chi connectivity index (χ1v) is 3.53. The van der Waals surface area contributed by atoms with Crippen molar-refractivity contribution < 1.29 is 13.9 Å². The summed E-state index contributed by atoms with van der Waals surface area (Å²) in [5.74, 6) is 0. The van der Waals surface area contributed by atoms with Crippen molar-refractivity contribution in [1.82, 2.24) is 4.98 Å². The van der Waals surface area contributed by atoms with Crippen molar-refractivity contribution in [3.05, 3.63) is 29.6 Å². The van der Waals surface area contributed by atoms with Crippen LogP contribution < -0.4 is 0 Å². The van der Waals surface area contributed by atoms with E-state index in [0.717, 1.165) is 0 Å². The highest BCUT2D eigenvalue weighted by Crippen LogP contribution is 2.19. The van der Waals surface area contributed by atoms with E-state index in [2.05, 4.69) is 4.98 Å². The maximum atomic E-state index is 12.1. The minimum absolute atomic E-state index is 0.298. The van der Waals surface area contributed by atoms with E-state index in [9.17, 15) is 8.78 Å². The van der Waals surface area contributed by atoms with Gasteiger partial charge in [0.05, 0.1) is 6.10 Å². The summed E-state index contributed by atoms with van der Waals surface area (Å²) in [6.45, 7) is 1.52.